The number of nitrogens with one attached hydrogen (secondary N) is 1. The van der Waals surface area contributed by atoms with E-state index in [0.29, 0.717) is 5.02 Å². The van der Waals surface area contributed by atoms with Crippen LogP contribution in [0.1, 0.15) is 46.2 Å². The first-order valence-electron chi connectivity index (χ1n) is 7.84. The van der Waals surface area contributed by atoms with Gasteiger partial charge in [0.1, 0.15) is 0 Å². The second kappa shape index (κ2) is 8.44. The summed E-state index contributed by atoms with van der Waals surface area (Å²) >= 11 is 5.84. The first-order chi connectivity index (χ1) is 12.3. The Hall–Kier alpha value is -2.93. The van der Waals surface area contributed by atoms with Gasteiger partial charge in [-0.2, -0.15) is 0 Å². The van der Waals surface area contributed by atoms with Crippen molar-refractivity contribution in [1.82, 2.24) is 5.32 Å². The molecule has 0 spiro atoms. The molecular formula is C18H17ClN2O5. The summed E-state index contributed by atoms with van der Waals surface area (Å²) in [6, 6.07) is 10.1. The number of nitrogens with zero attached hydrogens (tertiary/aromatic N) is 1. The number of carbonyl (C=O) groups excluding carboxylic acids is 2. The molecule has 0 fully saturated rings. The van der Waals surface area contributed by atoms with Gasteiger partial charge in [0.25, 0.3) is 11.6 Å². The van der Waals surface area contributed by atoms with Gasteiger partial charge < -0.3 is 10.1 Å². The van der Waals surface area contributed by atoms with Crippen molar-refractivity contribution in [1.29, 1.82) is 0 Å². The zero-order chi connectivity index (χ0) is 19.3. The van der Waals surface area contributed by atoms with Gasteiger partial charge >= 0.3 is 5.97 Å². The third-order valence-corrected chi connectivity index (χ3v) is 3.87. The molecular weight excluding hydrogens is 360 g/mol. The number of hydrogen-bond donors (Lipinski definition) is 1. The number of benzene rings is 2. The van der Waals surface area contributed by atoms with Crippen LogP contribution in [-0.2, 0) is 4.74 Å². The number of halogens is 1. The molecule has 1 amide bonds. The van der Waals surface area contributed by atoms with Crippen molar-refractivity contribution in [2.24, 2.45) is 0 Å². The van der Waals surface area contributed by atoms with Crippen molar-refractivity contribution < 1.29 is 19.2 Å². The van der Waals surface area contributed by atoms with E-state index in [1.54, 1.807) is 38.1 Å². The largest absolute Gasteiger partial charge is 0.462 e. The summed E-state index contributed by atoms with van der Waals surface area (Å²) in [6.45, 7) is 3.51. The molecule has 2 rings (SSSR count). The van der Waals surface area contributed by atoms with E-state index in [2.05, 4.69) is 5.32 Å². The number of amides is 1. The van der Waals surface area contributed by atoms with Crippen LogP contribution in [0.4, 0.5) is 5.69 Å². The van der Waals surface area contributed by atoms with Crippen LogP contribution < -0.4 is 5.32 Å². The molecule has 7 nitrogen and oxygen atoms in total. The third-order valence-electron chi connectivity index (χ3n) is 3.62. The van der Waals surface area contributed by atoms with Crippen LogP contribution >= 0.6 is 11.6 Å². The van der Waals surface area contributed by atoms with Crippen molar-refractivity contribution >= 4 is 29.2 Å². The standard InChI is InChI=1S/C18H17ClN2O5/c1-3-26-18(23)14-8-13(9-16(10-14)21(24)25)17(22)20-11(2)12-4-6-15(19)7-5-12/h4-11H,3H2,1-2H3,(H,20,22)/t11-/m0/s1. The normalized spacial score (nSPS) is 11.5. The topological polar surface area (TPSA) is 98.5 Å². The molecule has 2 aromatic rings. The number of ether oxygens (including phenoxy) is 1. The van der Waals surface area contributed by atoms with E-state index in [0.717, 1.165) is 17.7 Å². The Bertz CT molecular complexity index is 836. The maximum atomic E-state index is 12.5. The Balaban J connectivity index is 2.27. The first kappa shape index (κ1) is 19.4. The quantitative estimate of drug-likeness (QED) is 0.468. The smallest absolute Gasteiger partial charge is 0.338 e. The molecule has 2 aromatic carbocycles. The molecule has 0 saturated heterocycles. The molecule has 0 bridgehead atoms. The van der Waals surface area contributed by atoms with Crippen LogP contribution in [0.15, 0.2) is 42.5 Å². The van der Waals surface area contributed by atoms with Crippen LogP contribution in [0.25, 0.3) is 0 Å². The van der Waals surface area contributed by atoms with Crippen molar-refractivity contribution in [2.45, 2.75) is 19.9 Å². The second-order valence-electron chi connectivity index (χ2n) is 5.49. The Morgan fingerprint density at radius 1 is 1.19 bits per heavy atom. The molecule has 0 aliphatic heterocycles. The molecule has 0 unspecified atom stereocenters. The van der Waals surface area contributed by atoms with Gasteiger partial charge in [0.05, 0.1) is 23.1 Å². The molecule has 0 saturated carbocycles. The highest BCUT2D eigenvalue weighted by Gasteiger charge is 2.20. The summed E-state index contributed by atoms with van der Waals surface area (Å²) in [4.78, 5) is 34.8. The summed E-state index contributed by atoms with van der Waals surface area (Å²) in [6.07, 6.45) is 0. The number of rotatable bonds is 6. The zero-order valence-corrected chi connectivity index (χ0v) is 14.9. The van der Waals surface area contributed by atoms with Crippen LogP contribution in [0.3, 0.4) is 0 Å². The maximum Gasteiger partial charge on any atom is 0.338 e. The van der Waals surface area contributed by atoms with Gasteiger partial charge in [0, 0.05) is 22.7 Å². The van der Waals surface area contributed by atoms with E-state index >= 15 is 0 Å². The zero-order valence-electron chi connectivity index (χ0n) is 14.2. The third kappa shape index (κ3) is 4.80. The summed E-state index contributed by atoms with van der Waals surface area (Å²) in [5, 5.41) is 14.4. The summed E-state index contributed by atoms with van der Waals surface area (Å²) in [5.41, 5.74) is 0.409. The van der Waals surface area contributed by atoms with Gasteiger partial charge in [0.2, 0.25) is 0 Å². The van der Waals surface area contributed by atoms with E-state index in [1.807, 2.05) is 0 Å². The molecule has 1 atom stereocenters. The molecule has 0 radical (unpaired) electrons. The second-order valence-corrected chi connectivity index (χ2v) is 5.93. The maximum absolute atomic E-state index is 12.5. The molecule has 0 aromatic heterocycles. The highest BCUT2D eigenvalue weighted by molar-refractivity contribution is 6.30. The monoisotopic (exact) mass is 376 g/mol. The molecule has 136 valence electrons. The first-order valence-corrected chi connectivity index (χ1v) is 8.22. The molecule has 0 heterocycles. The molecule has 0 aliphatic rings. The van der Waals surface area contributed by atoms with Crippen molar-refractivity contribution in [2.75, 3.05) is 6.61 Å². The molecule has 8 heteroatoms. The Kier molecular flexibility index (Phi) is 6.30. The van der Waals surface area contributed by atoms with Crippen molar-refractivity contribution in [3.63, 3.8) is 0 Å². The number of nitro benzene ring substituents is 1. The van der Waals surface area contributed by atoms with Crippen LogP contribution in [0.5, 0.6) is 0 Å². The van der Waals surface area contributed by atoms with Crippen LogP contribution in [0.2, 0.25) is 5.02 Å². The van der Waals surface area contributed by atoms with E-state index < -0.39 is 16.8 Å². The Morgan fingerprint density at radius 3 is 2.38 bits per heavy atom. The van der Waals surface area contributed by atoms with Crippen molar-refractivity contribution in [3.05, 3.63) is 74.3 Å². The van der Waals surface area contributed by atoms with E-state index in [9.17, 15) is 19.7 Å². The number of esters is 1. The average Bonchev–Trinajstić information content (AvgIpc) is 2.61. The molecule has 0 aliphatic carbocycles. The Labute approximate surface area is 155 Å². The Morgan fingerprint density at radius 2 is 1.81 bits per heavy atom. The highest BCUT2D eigenvalue weighted by atomic mass is 35.5. The van der Waals surface area contributed by atoms with E-state index in [4.69, 9.17) is 16.3 Å². The molecule has 26 heavy (non-hydrogen) atoms. The molecule has 1 N–H and O–H groups in total. The minimum absolute atomic E-state index is 0.00284. The van der Waals surface area contributed by atoms with Gasteiger partial charge in [-0.15, -0.1) is 0 Å². The lowest BCUT2D eigenvalue weighted by Crippen LogP contribution is -2.27. The van der Waals surface area contributed by atoms with Gasteiger partial charge in [-0.05, 0) is 37.6 Å². The number of hydrogen-bond acceptors (Lipinski definition) is 5. The summed E-state index contributed by atoms with van der Waals surface area (Å²) in [5.74, 6) is -1.27. The fraction of sp³-hybridized carbons (Fsp3) is 0.222. The minimum atomic E-state index is -0.726. The van der Waals surface area contributed by atoms with E-state index in [-0.39, 0.29) is 29.5 Å². The van der Waals surface area contributed by atoms with Gasteiger partial charge in [0.15, 0.2) is 0 Å². The fourth-order valence-corrected chi connectivity index (χ4v) is 2.42. The predicted molar refractivity (Wildman–Crippen MR) is 96.4 cm³/mol. The van der Waals surface area contributed by atoms with Crippen LogP contribution in [0, 0.1) is 10.1 Å². The van der Waals surface area contributed by atoms with Gasteiger partial charge in [-0.3, -0.25) is 14.9 Å². The minimum Gasteiger partial charge on any atom is -0.462 e. The number of non-ortho nitro benzene ring substituents is 1. The summed E-state index contributed by atoms with van der Waals surface area (Å²) in [7, 11) is 0. The lowest BCUT2D eigenvalue weighted by molar-refractivity contribution is -0.384. The average molecular weight is 377 g/mol. The number of carbonyl (C=O) groups is 2. The lowest BCUT2D eigenvalue weighted by Gasteiger charge is -2.15. The van der Waals surface area contributed by atoms with Crippen molar-refractivity contribution in [3.8, 4) is 0 Å². The van der Waals surface area contributed by atoms with E-state index in [1.165, 1.54) is 6.07 Å². The fourth-order valence-electron chi connectivity index (χ4n) is 2.29. The van der Waals surface area contributed by atoms with Gasteiger partial charge in [-0.25, -0.2) is 4.79 Å². The predicted octanol–water partition coefficient (Wildman–Crippen LogP) is 3.92. The van der Waals surface area contributed by atoms with Crippen LogP contribution in [-0.4, -0.2) is 23.4 Å². The van der Waals surface area contributed by atoms with Gasteiger partial charge in [-0.1, -0.05) is 23.7 Å². The highest BCUT2D eigenvalue weighted by Crippen LogP contribution is 2.20. The summed E-state index contributed by atoms with van der Waals surface area (Å²) < 4.78 is 4.85. The number of nitro groups is 1. The SMILES string of the molecule is CCOC(=O)c1cc(C(=O)N[C@@H](C)c2ccc(Cl)cc2)cc([N+](=O)[O-])c1. The lowest BCUT2D eigenvalue weighted by atomic mass is 10.1.